The van der Waals surface area contributed by atoms with E-state index in [1.807, 2.05) is 0 Å². The molecule has 0 spiro atoms. The van der Waals surface area contributed by atoms with Gasteiger partial charge < -0.3 is 10.0 Å². The fraction of sp³-hybridized carbons (Fsp3) is 0.692. The Morgan fingerprint density at radius 2 is 2.20 bits per heavy atom. The van der Waals surface area contributed by atoms with Gasteiger partial charge in [-0.1, -0.05) is 0 Å². The van der Waals surface area contributed by atoms with E-state index in [9.17, 15) is 19.5 Å². The second kappa shape index (κ2) is 4.20. The van der Waals surface area contributed by atoms with Crippen LogP contribution in [0.1, 0.15) is 25.7 Å². The minimum atomic E-state index is -1.56. The summed E-state index contributed by atoms with van der Waals surface area (Å²) in [5.41, 5.74) is -1.56. The van der Waals surface area contributed by atoms with Crippen LogP contribution in [0, 0.1) is 17.2 Å². The molecule has 20 heavy (non-hydrogen) atoms. The third-order valence-corrected chi connectivity index (χ3v) is 4.67. The maximum atomic E-state index is 12.8. The second-order valence-electron chi connectivity index (χ2n) is 5.74. The van der Waals surface area contributed by atoms with Crippen LogP contribution < -0.4 is 0 Å². The molecule has 3 fully saturated rings. The number of hydrogen-bond donors (Lipinski definition) is 1. The Balaban J connectivity index is 1.97. The maximum absolute atomic E-state index is 12.8. The summed E-state index contributed by atoms with van der Waals surface area (Å²) in [6, 6.07) is 1.52. The van der Waals surface area contributed by atoms with Crippen LogP contribution >= 0.6 is 0 Å². The number of amides is 2. The SMILES string of the molecule is N#C[C@@H]1CCCN1C(=O)C12CC(CC1=O)CN2C(=O)O. The molecule has 3 rings (SSSR count). The van der Waals surface area contributed by atoms with Crippen LogP contribution in [0.2, 0.25) is 0 Å². The minimum Gasteiger partial charge on any atom is -0.465 e. The molecule has 3 aliphatic rings. The number of rotatable bonds is 1. The minimum absolute atomic E-state index is 0.0642. The van der Waals surface area contributed by atoms with Crippen LogP contribution in [0.4, 0.5) is 4.79 Å². The van der Waals surface area contributed by atoms with Crippen LogP contribution in [0.3, 0.4) is 0 Å². The van der Waals surface area contributed by atoms with Gasteiger partial charge in [-0.3, -0.25) is 14.5 Å². The first-order valence-corrected chi connectivity index (χ1v) is 6.75. The van der Waals surface area contributed by atoms with E-state index in [1.54, 1.807) is 0 Å². The topological polar surface area (TPSA) is 102 Å². The molecule has 2 unspecified atom stereocenters. The Morgan fingerprint density at radius 3 is 2.80 bits per heavy atom. The van der Waals surface area contributed by atoms with E-state index in [0.29, 0.717) is 19.4 Å². The lowest BCUT2D eigenvalue weighted by Crippen LogP contribution is -2.63. The van der Waals surface area contributed by atoms with Gasteiger partial charge in [0.05, 0.1) is 6.07 Å². The normalized spacial score (nSPS) is 35.5. The molecule has 2 aliphatic heterocycles. The number of nitriles is 1. The molecular formula is C13H15N3O4. The average Bonchev–Trinajstić information content (AvgIpc) is 3.09. The zero-order valence-corrected chi connectivity index (χ0v) is 10.9. The molecule has 0 aromatic heterocycles. The van der Waals surface area contributed by atoms with E-state index in [0.717, 1.165) is 4.90 Å². The lowest BCUT2D eigenvalue weighted by Gasteiger charge is -2.37. The summed E-state index contributed by atoms with van der Waals surface area (Å²) in [5, 5.41) is 18.3. The number of carboxylic acid groups (broad SMARTS) is 1. The van der Waals surface area contributed by atoms with Crippen LogP contribution in [-0.4, -0.2) is 57.4 Å². The summed E-state index contributed by atoms with van der Waals surface area (Å²) in [4.78, 5) is 38.7. The van der Waals surface area contributed by atoms with Gasteiger partial charge in [-0.15, -0.1) is 0 Å². The quantitative estimate of drug-likeness (QED) is 0.690. The van der Waals surface area contributed by atoms with E-state index in [4.69, 9.17) is 5.26 Å². The van der Waals surface area contributed by atoms with E-state index in [2.05, 4.69) is 6.07 Å². The summed E-state index contributed by atoms with van der Waals surface area (Å²) in [6.45, 7) is 0.655. The first kappa shape index (κ1) is 12.9. The van der Waals surface area contributed by atoms with Crippen LogP contribution in [0.15, 0.2) is 0 Å². The highest BCUT2D eigenvalue weighted by Crippen LogP contribution is 2.45. The smallest absolute Gasteiger partial charge is 0.408 e. The number of carbonyl (C=O) groups is 3. The van der Waals surface area contributed by atoms with Crippen molar-refractivity contribution in [2.45, 2.75) is 37.3 Å². The maximum Gasteiger partial charge on any atom is 0.408 e. The molecule has 0 radical (unpaired) electrons. The van der Waals surface area contributed by atoms with Crippen molar-refractivity contribution >= 4 is 17.8 Å². The van der Waals surface area contributed by atoms with Crippen molar-refractivity contribution in [1.29, 1.82) is 5.26 Å². The number of likely N-dealkylation sites (tertiary alicyclic amines) is 2. The Morgan fingerprint density at radius 1 is 1.45 bits per heavy atom. The van der Waals surface area contributed by atoms with Crippen molar-refractivity contribution in [2.24, 2.45) is 5.92 Å². The zero-order valence-electron chi connectivity index (χ0n) is 10.9. The van der Waals surface area contributed by atoms with Gasteiger partial charge in [-0.2, -0.15) is 5.26 Å². The summed E-state index contributed by atoms with van der Waals surface area (Å²) >= 11 is 0. The molecule has 2 heterocycles. The summed E-state index contributed by atoms with van der Waals surface area (Å²) in [6.07, 6.45) is 0.599. The molecule has 2 amide bonds. The molecule has 106 valence electrons. The fourth-order valence-corrected chi connectivity index (χ4v) is 3.78. The number of ketones is 1. The molecule has 3 atom stereocenters. The van der Waals surface area contributed by atoms with Gasteiger partial charge in [0.1, 0.15) is 6.04 Å². The first-order valence-electron chi connectivity index (χ1n) is 6.75. The Labute approximate surface area is 115 Å². The van der Waals surface area contributed by atoms with E-state index < -0.39 is 23.6 Å². The molecule has 7 heteroatoms. The van der Waals surface area contributed by atoms with E-state index in [-0.39, 0.29) is 31.1 Å². The lowest BCUT2D eigenvalue weighted by molar-refractivity contribution is -0.149. The van der Waals surface area contributed by atoms with Crippen molar-refractivity contribution in [1.82, 2.24) is 9.80 Å². The third-order valence-electron chi connectivity index (χ3n) is 4.67. The van der Waals surface area contributed by atoms with E-state index >= 15 is 0 Å². The molecule has 2 saturated heterocycles. The second-order valence-corrected chi connectivity index (χ2v) is 5.74. The summed E-state index contributed by atoms with van der Waals surface area (Å²) in [7, 11) is 0. The van der Waals surface area contributed by atoms with Gasteiger partial charge in [-0.05, 0) is 25.2 Å². The van der Waals surface area contributed by atoms with Crippen molar-refractivity contribution < 1.29 is 19.5 Å². The largest absolute Gasteiger partial charge is 0.465 e. The summed E-state index contributed by atoms with van der Waals surface area (Å²) in [5.74, 6) is -0.871. The number of nitrogens with zero attached hydrogens (tertiary/aromatic N) is 3. The van der Waals surface area contributed by atoms with Gasteiger partial charge >= 0.3 is 6.09 Å². The first-order chi connectivity index (χ1) is 9.50. The van der Waals surface area contributed by atoms with Crippen molar-refractivity contribution in [3.8, 4) is 6.07 Å². The molecule has 1 aliphatic carbocycles. The van der Waals surface area contributed by atoms with Gasteiger partial charge in [0.25, 0.3) is 5.91 Å². The number of piperidine rings is 1. The monoisotopic (exact) mass is 277 g/mol. The Kier molecular flexibility index (Phi) is 2.71. The highest BCUT2D eigenvalue weighted by Gasteiger charge is 2.65. The van der Waals surface area contributed by atoms with Crippen molar-refractivity contribution in [3.05, 3.63) is 0 Å². The predicted octanol–water partition coefficient (Wildman–Crippen LogP) is 0.212. The third kappa shape index (κ3) is 1.48. The fourth-order valence-electron chi connectivity index (χ4n) is 3.78. The zero-order chi connectivity index (χ0) is 14.5. The molecule has 7 nitrogen and oxygen atoms in total. The number of hydrogen-bond acceptors (Lipinski definition) is 4. The average molecular weight is 277 g/mol. The molecule has 2 bridgehead atoms. The molecule has 1 N–H and O–H groups in total. The predicted molar refractivity (Wildman–Crippen MR) is 65.5 cm³/mol. The highest BCUT2D eigenvalue weighted by atomic mass is 16.4. The number of carbonyl (C=O) groups excluding carboxylic acids is 2. The Bertz CT molecular complexity index is 540. The van der Waals surface area contributed by atoms with Gasteiger partial charge in [-0.25, -0.2) is 4.79 Å². The molecule has 0 aromatic carbocycles. The van der Waals surface area contributed by atoms with Gasteiger partial charge in [0.2, 0.25) is 0 Å². The number of Topliss-reactive ketones (excluding diaryl/α,β-unsaturated/α-hetero) is 1. The Hall–Kier alpha value is -2.10. The van der Waals surface area contributed by atoms with Crippen molar-refractivity contribution in [3.63, 3.8) is 0 Å². The van der Waals surface area contributed by atoms with Gasteiger partial charge in [0.15, 0.2) is 11.3 Å². The van der Waals surface area contributed by atoms with Crippen molar-refractivity contribution in [2.75, 3.05) is 13.1 Å². The molecule has 1 saturated carbocycles. The molecule has 0 aromatic rings. The number of fused-ring (bicyclic) bond motifs is 2. The van der Waals surface area contributed by atoms with Crippen LogP contribution in [0.5, 0.6) is 0 Å². The van der Waals surface area contributed by atoms with Gasteiger partial charge in [0, 0.05) is 19.5 Å². The standard InChI is InChI=1S/C13H15N3O4/c14-6-9-2-1-3-15(9)11(18)13-5-8(4-10(13)17)7-16(13)12(19)20/h8-9H,1-5,7H2,(H,19,20)/t8?,9-,13?/m0/s1. The lowest BCUT2D eigenvalue weighted by atomic mass is 9.93. The molecular weight excluding hydrogens is 262 g/mol. The highest BCUT2D eigenvalue weighted by molar-refractivity contribution is 6.15. The van der Waals surface area contributed by atoms with E-state index in [1.165, 1.54) is 4.90 Å². The summed E-state index contributed by atoms with van der Waals surface area (Å²) < 4.78 is 0. The van der Waals surface area contributed by atoms with Crippen LogP contribution in [-0.2, 0) is 9.59 Å². The van der Waals surface area contributed by atoms with Crippen LogP contribution in [0.25, 0.3) is 0 Å².